The third-order valence-corrected chi connectivity index (χ3v) is 6.57. The standard InChI is InChI=1S/C30H37N3O2/c1-4-35-27(34)14-7-5-6-8-19-33-20-10-13-26-30(33)32-29(25-12-9-11-23(3)21-25)28(31-26)24-17-15-22(2)16-18-24/h9,11-12,15-18,21H,4-8,10,13-14,19-20H2,1-3H3. The zero-order valence-corrected chi connectivity index (χ0v) is 21.3. The number of carbonyl (C=O) groups is 1. The number of hydrogen-bond acceptors (Lipinski definition) is 5. The third kappa shape index (κ3) is 6.47. The lowest BCUT2D eigenvalue weighted by Gasteiger charge is -2.30. The van der Waals surface area contributed by atoms with E-state index in [0.717, 1.165) is 85.6 Å². The van der Waals surface area contributed by atoms with Crippen molar-refractivity contribution < 1.29 is 9.53 Å². The molecule has 0 amide bonds. The average molecular weight is 472 g/mol. The Bertz CT molecular complexity index is 1140. The molecule has 184 valence electrons. The van der Waals surface area contributed by atoms with E-state index in [1.807, 2.05) is 6.92 Å². The molecule has 5 heteroatoms. The molecule has 0 atom stereocenters. The first-order chi connectivity index (χ1) is 17.0. The number of ether oxygens (including phenoxy) is 1. The number of nitrogens with zero attached hydrogens (tertiary/aromatic N) is 3. The fourth-order valence-electron chi connectivity index (χ4n) is 4.71. The zero-order chi connectivity index (χ0) is 24.6. The maximum atomic E-state index is 11.5. The van der Waals surface area contributed by atoms with Crippen LogP contribution in [0.5, 0.6) is 0 Å². The monoisotopic (exact) mass is 471 g/mol. The summed E-state index contributed by atoms with van der Waals surface area (Å²) in [6.45, 7) is 8.53. The molecule has 4 rings (SSSR count). The molecule has 35 heavy (non-hydrogen) atoms. The first-order valence-electron chi connectivity index (χ1n) is 13.0. The summed E-state index contributed by atoms with van der Waals surface area (Å²) in [5.74, 6) is 0.955. The summed E-state index contributed by atoms with van der Waals surface area (Å²) in [6.07, 6.45) is 6.72. The Kier molecular flexibility index (Phi) is 8.51. The fraction of sp³-hybridized carbons (Fsp3) is 0.433. The number of aromatic nitrogens is 2. The highest BCUT2D eigenvalue weighted by Gasteiger charge is 2.23. The lowest BCUT2D eigenvalue weighted by molar-refractivity contribution is -0.143. The average Bonchev–Trinajstić information content (AvgIpc) is 2.86. The predicted octanol–water partition coefficient (Wildman–Crippen LogP) is 6.69. The highest BCUT2D eigenvalue weighted by Crippen LogP contribution is 2.35. The van der Waals surface area contributed by atoms with Gasteiger partial charge in [-0.2, -0.15) is 0 Å². The Labute approximate surface area is 209 Å². The van der Waals surface area contributed by atoms with Gasteiger partial charge in [-0.25, -0.2) is 9.97 Å². The van der Waals surface area contributed by atoms with Crippen LogP contribution in [0.25, 0.3) is 22.5 Å². The van der Waals surface area contributed by atoms with Crippen LogP contribution in [0.15, 0.2) is 48.5 Å². The van der Waals surface area contributed by atoms with Gasteiger partial charge in [0.1, 0.15) is 0 Å². The topological polar surface area (TPSA) is 55.3 Å². The van der Waals surface area contributed by atoms with Crippen molar-refractivity contribution in [2.45, 2.75) is 65.7 Å². The van der Waals surface area contributed by atoms with Crippen molar-refractivity contribution in [3.05, 3.63) is 65.4 Å². The summed E-state index contributed by atoms with van der Waals surface area (Å²) in [5.41, 5.74) is 7.71. The van der Waals surface area contributed by atoms with E-state index >= 15 is 0 Å². The molecule has 1 aromatic heterocycles. The van der Waals surface area contributed by atoms with Crippen molar-refractivity contribution in [3.8, 4) is 22.5 Å². The van der Waals surface area contributed by atoms with Crippen molar-refractivity contribution >= 4 is 11.8 Å². The maximum absolute atomic E-state index is 11.5. The molecule has 0 saturated heterocycles. The molecular formula is C30H37N3O2. The van der Waals surface area contributed by atoms with Gasteiger partial charge in [0, 0.05) is 30.6 Å². The molecule has 2 aromatic carbocycles. The highest BCUT2D eigenvalue weighted by molar-refractivity contribution is 5.80. The number of aryl methyl sites for hydroxylation is 3. The summed E-state index contributed by atoms with van der Waals surface area (Å²) in [4.78, 5) is 24.4. The number of esters is 1. The molecule has 5 nitrogen and oxygen atoms in total. The summed E-state index contributed by atoms with van der Waals surface area (Å²) >= 11 is 0. The number of fused-ring (bicyclic) bond motifs is 1. The predicted molar refractivity (Wildman–Crippen MR) is 143 cm³/mol. The Morgan fingerprint density at radius 2 is 1.69 bits per heavy atom. The zero-order valence-electron chi connectivity index (χ0n) is 21.3. The Morgan fingerprint density at radius 3 is 2.46 bits per heavy atom. The smallest absolute Gasteiger partial charge is 0.305 e. The van der Waals surface area contributed by atoms with E-state index < -0.39 is 0 Å². The normalized spacial score (nSPS) is 12.9. The van der Waals surface area contributed by atoms with Crippen molar-refractivity contribution in [1.82, 2.24) is 9.97 Å². The van der Waals surface area contributed by atoms with Gasteiger partial charge in [-0.15, -0.1) is 0 Å². The van der Waals surface area contributed by atoms with Crippen LogP contribution in [-0.2, 0) is 16.0 Å². The van der Waals surface area contributed by atoms with Crippen molar-refractivity contribution in [2.75, 3.05) is 24.6 Å². The minimum absolute atomic E-state index is 0.0826. The van der Waals surface area contributed by atoms with Crippen LogP contribution in [0.2, 0.25) is 0 Å². The van der Waals surface area contributed by atoms with Gasteiger partial charge < -0.3 is 9.64 Å². The summed E-state index contributed by atoms with van der Waals surface area (Å²) in [5, 5.41) is 0. The number of rotatable bonds is 10. The van der Waals surface area contributed by atoms with E-state index in [1.54, 1.807) is 0 Å². The molecule has 0 N–H and O–H groups in total. The van der Waals surface area contributed by atoms with Gasteiger partial charge >= 0.3 is 5.97 Å². The van der Waals surface area contributed by atoms with E-state index in [1.165, 1.54) is 11.1 Å². The van der Waals surface area contributed by atoms with Gasteiger partial charge in [-0.1, -0.05) is 66.4 Å². The fourth-order valence-corrected chi connectivity index (χ4v) is 4.71. The molecule has 3 aromatic rings. The number of unbranched alkanes of at least 4 members (excludes halogenated alkanes) is 3. The van der Waals surface area contributed by atoms with Crippen molar-refractivity contribution in [3.63, 3.8) is 0 Å². The van der Waals surface area contributed by atoms with Crippen LogP contribution in [-0.4, -0.2) is 35.6 Å². The molecule has 0 saturated carbocycles. The Morgan fingerprint density at radius 1 is 0.914 bits per heavy atom. The Balaban J connectivity index is 1.54. The minimum atomic E-state index is -0.0826. The maximum Gasteiger partial charge on any atom is 0.305 e. The van der Waals surface area contributed by atoms with Crippen molar-refractivity contribution in [2.24, 2.45) is 0 Å². The molecule has 1 aliphatic rings. The quantitative estimate of drug-likeness (QED) is 0.243. The summed E-state index contributed by atoms with van der Waals surface area (Å²) < 4.78 is 5.02. The van der Waals surface area contributed by atoms with Gasteiger partial charge in [0.2, 0.25) is 0 Å². The SMILES string of the molecule is CCOC(=O)CCCCCCN1CCCc2nc(-c3ccc(C)cc3)c(-c3cccc(C)c3)nc21. The van der Waals surface area contributed by atoms with E-state index in [9.17, 15) is 4.79 Å². The molecule has 0 fully saturated rings. The Hall–Kier alpha value is -3.21. The number of benzene rings is 2. The van der Waals surface area contributed by atoms with E-state index in [2.05, 4.69) is 67.3 Å². The van der Waals surface area contributed by atoms with Gasteiger partial charge in [0.25, 0.3) is 0 Å². The second-order valence-corrected chi connectivity index (χ2v) is 9.49. The lowest BCUT2D eigenvalue weighted by Crippen LogP contribution is -2.32. The van der Waals surface area contributed by atoms with Crippen LogP contribution in [0.1, 0.15) is 62.3 Å². The van der Waals surface area contributed by atoms with Crippen LogP contribution in [0, 0.1) is 13.8 Å². The second-order valence-electron chi connectivity index (χ2n) is 9.49. The molecule has 0 unspecified atom stereocenters. The molecule has 0 aliphatic carbocycles. The molecule has 0 spiro atoms. The lowest BCUT2D eigenvalue weighted by atomic mass is 10.0. The van der Waals surface area contributed by atoms with Crippen LogP contribution in [0.4, 0.5) is 5.82 Å². The van der Waals surface area contributed by atoms with E-state index in [0.29, 0.717) is 13.0 Å². The third-order valence-electron chi connectivity index (χ3n) is 6.57. The van der Waals surface area contributed by atoms with Crippen LogP contribution >= 0.6 is 0 Å². The van der Waals surface area contributed by atoms with E-state index in [-0.39, 0.29) is 5.97 Å². The number of hydrogen-bond donors (Lipinski definition) is 0. The van der Waals surface area contributed by atoms with Gasteiger partial charge in [0.15, 0.2) is 5.82 Å². The molecular weight excluding hydrogens is 434 g/mol. The molecule has 1 aliphatic heterocycles. The second kappa shape index (κ2) is 12.0. The van der Waals surface area contributed by atoms with Gasteiger partial charge in [-0.05, 0) is 52.5 Å². The minimum Gasteiger partial charge on any atom is -0.466 e. The molecule has 0 bridgehead atoms. The first kappa shape index (κ1) is 24.9. The highest BCUT2D eigenvalue weighted by atomic mass is 16.5. The first-order valence-corrected chi connectivity index (χ1v) is 13.0. The van der Waals surface area contributed by atoms with Gasteiger partial charge in [0.05, 0.1) is 23.7 Å². The largest absolute Gasteiger partial charge is 0.466 e. The van der Waals surface area contributed by atoms with Crippen LogP contribution in [0.3, 0.4) is 0 Å². The van der Waals surface area contributed by atoms with Crippen LogP contribution < -0.4 is 4.90 Å². The summed E-state index contributed by atoms with van der Waals surface area (Å²) in [6, 6.07) is 17.1. The van der Waals surface area contributed by atoms with Crippen molar-refractivity contribution in [1.29, 1.82) is 0 Å². The molecule has 2 heterocycles. The number of anilines is 1. The van der Waals surface area contributed by atoms with E-state index in [4.69, 9.17) is 14.7 Å². The summed E-state index contributed by atoms with van der Waals surface area (Å²) in [7, 11) is 0. The number of carbonyl (C=O) groups excluding carboxylic acids is 1. The van der Waals surface area contributed by atoms with Gasteiger partial charge in [-0.3, -0.25) is 4.79 Å². The molecule has 0 radical (unpaired) electrons.